The van der Waals surface area contributed by atoms with Crippen LogP contribution >= 0.6 is 0 Å². The number of rotatable bonds is 1. The minimum absolute atomic E-state index is 0.252. The average molecular weight is 237 g/mol. The van der Waals surface area contributed by atoms with Gasteiger partial charge in [0.05, 0.1) is 11.3 Å². The van der Waals surface area contributed by atoms with Gasteiger partial charge in [-0.05, 0) is 33.8 Å². The zero-order chi connectivity index (χ0) is 13.0. The van der Waals surface area contributed by atoms with E-state index in [1.807, 2.05) is 27.7 Å². The van der Waals surface area contributed by atoms with E-state index in [1.165, 1.54) is 6.07 Å². The van der Waals surface area contributed by atoms with Gasteiger partial charge in [-0.25, -0.2) is 4.79 Å². The van der Waals surface area contributed by atoms with Crippen molar-refractivity contribution in [2.45, 2.75) is 38.9 Å². The molecule has 2 rings (SSSR count). The Morgan fingerprint density at radius 2 is 1.88 bits per heavy atom. The van der Waals surface area contributed by atoms with Gasteiger partial charge in [-0.1, -0.05) is 0 Å². The number of carboxylic acid groups (broad SMARTS) is 1. The van der Waals surface area contributed by atoms with E-state index in [-0.39, 0.29) is 5.56 Å². The molecule has 0 aliphatic carbocycles. The highest BCUT2D eigenvalue weighted by atomic mass is 16.5. The molecule has 0 saturated carbocycles. The lowest BCUT2D eigenvalue weighted by molar-refractivity contribution is -0.106. The van der Waals surface area contributed by atoms with Gasteiger partial charge in [0, 0.05) is 5.56 Å². The molecule has 0 spiro atoms. The largest absolute Gasteiger partial charge is 0.477 e. The van der Waals surface area contributed by atoms with Crippen molar-refractivity contribution in [2.24, 2.45) is 0 Å². The van der Waals surface area contributed by atoms with Crippen molar-refractivity contribution >= 4 is 5.97 Å². The first-order chi connectivity index (χ1) is 7.65. The number of aromatic nitrogens is 1. The van der Waals surface area contributed by atoms with Crippen LogP contribution in [-0.4, -0.2) is 16.1 Å². The van der Waals surface area contributed by atoms with E-state index in [1.54, 1.807) is 0 Å². The minimum Gasteiger partial charge on any atom is -0.477 e. The molecule has 0 amide bonds. The van der Waals surface area contributed by atoms with Gasteiger partial charge in [-0.3, -0.25) is 4.79 Å². The van der Waals surface area contributed by atoms with Crippen LogP contribution in [0.5, 0.6) is 0 Å². The molecule has 0 atom stereocenters. The number of carboxylic acids is 1. The molecule has 17 heavy (non-hydrogen) atoms. The van der Waals surface area contributed by atoms with Crippen LogP contribution in [0.2, 0.25) is 0 Å². The van der Waals surface area contributed by atoms with Gasteiger partial charge in [0.2, 0.25) is 0 Å². The number of aromatic carboxylic acids is 1. The minimum atomic E-state index is -1.23. The van der Waals surface area contributed by atoms with E-state index < -0.39 is 22.7 Å². The smallest absolute Gasteiger partial charge is 0.341 e. The van der Waals surface area contributed by atoms with Crippen molar-refractivity contribution in [3.8, 4) is 0 Å². The Hall–Kier alpha value is -1.62. The lowest BCUT2D eigenvalue weighted by atomic mass is 9.94. The molecule has 92 valence electrons. The number of fused-ring (bicyclic) bond motifs is 1. The molecule has 1 aromatic rings. The number of hydrogen-bond acceptors (Lipinski definition) is 3. The number of hydrogen-bond donors (Lipinski definition) is 2. The van der Waals surface area contributed by atoms with E-state index in [0.29, 0.717) is 5.69 Å². The van der Waals surface area contributed by atoms with E-state index in [2.05, 4.69) is 4.98 Å². The molecular weight excluding hydrogens is 222 g/mol. The van der Waals surface area contributed by atoms with Gasteiger partial charge in [0.15, 0.2) is 0 Å². The van der Waals surface area contributed by atoms with Gasteiger partial charge in [-0.2, -0.15) is 0 Å². The lowest BCUT2D eigenvalue weighted by Crippen LogP contribution is -2.24. The maximum atomic E-state index is 11.6. The van der Waals surface area contributed by atoms with E-state index in [4.69, 9.17) is 9.84 Å². The average Bonchev–Trinajstić information content (AvgIpc) is 2.30. The number of nitrogens with one attached hydrogen (secondary N) is 1. The number of aromatic amines is 1. The zero-order valence-electron chi connectivity index (χ0n) is 10.2. The number of H-pyrrole nitrogens is 1. The molecule has 2 N–H and O–H groups in total. The van der Waals surface area contributed by atoms with Crippen molar-refractivity contribution in [3.63, 3.8) is 0 Å². The summed E-state index contributed by atoms with van der Waals surface area (Å²) in [5, 5.41) is 8.94. The summed E-state index contributed by atoms with van der Waals surface area (Å²) in [6.07, 6.45) is 0. The molecule has 0 aromatic carbocycles. The monoisotopic (exact) mass is 237 g/mol. The molecule has 0 bridgehead atoms. The topological polar surface area (TPSA) is 79.4 Å². The highest BCUT2D eigenvalue weighted by molar-refractivity contribution is 5.87. The van der Waals surface area contributed by atoms with Crippen LogP contribution in [0.3, 0.4) is 0 Å². The maximum Gasteiger partial charge on any atom is 0.341 e. The second-order valence-electron chi connectivity index (χ2n) is 5.23. The summed E-state index contributed by atoms with van der Waals surface area (Å²) < 4.78 is 5.83. The molecule has 0 fully saturated rings. The third kappa shape index (κ3) is 1.67. The van der Waals surface area contributed by atoms with Crippen molar-refractivity contribution < 1.29 is 14.6 Å². The maximum absolute atomic E-state index is 11.6. The van der Waals surface area contributed by atoms with Crippen molar-refractivity contribution in [3.05, 3.63) is 33.2 Å². The highest BCUT2D eigenvalue weighted by Crippen LogP contribution is 2.45. The van der Waals surface area contributed by atoms with E-state index >= 15 is 0 Å². The predicted octanol–water partition coefficient (Wildman–Crippen LogP) is 1.57. The van der Waals surface area contributed by atoms with Crippen molar-refractivity contribution in [1.29, 1.82) is 0 Å². The van der Waals surface area contributed by atoms with Crippen LogP contribution in [0.4, 0.5) is 0 Å². The van der Waals surface area contributed by atoms with Crippen LogP contribution in [0.15, 0.2) is 10.9 Å². The highest BCUT2D eigenvalue weighted by Gasteiger charge is 2.44. The van der Waals surface area contributed by atoms with Crippen LogP contribution in [0.1, 0.15) is 49.3 Å². The third-order valence-corrected chi connectivity index (χ3v) is 3.03. The van der Waals surface area contributed by atoms with Gasteiger partial charge >= 0.3 is 5.97 Å². The fourth-order valence-electron chi connectivity index (χ4n) is 2.38. The number of carbonyl (C=O) groups is 1. The Bertz CT molecular complexity index is 554. The fraction of sp³-hybridized carbons (Fsp3) is 0.500. The standard InChI is InChI=1S/C12H15NO4/c1-11(2)7-5-6(10(15)16)9(14)13-8(7)12(3,4)17-11/h5H,1-4H3,(H,13,14)(H,15,16). The first-order valence-electron chi connectivity index (χ1n) is 5.37. The van der Waals surface area contributed by atoms with E-state index in [9.17, 15) is 9.59 Å². The summed E-state index contributed by atoms with van der Waals surface area (Å²) in [4.78, 5) is 25.2. The molecule has 0 radical (unpaired) electrons. The van der Waals surface area contributed by atoms with Crippen molar-refractivity contribution in [2.75, 3.05) is 0 Å². The van der Waals surface area contributed by atoms with Crippen LogP contribution in [0, 0.1) is 0 Å². The second kappa shape index (κ2) is 3.20. The Kier molecular flexibility index (Phi) is 2.23. The normalized spacial score (nSPS) is 20.0. The zero-order valence-corrected chi connectivity index (χ0v) is 10.2. The Balaban J connectivity index is 2.77. The molecular formula is C12H15NO4. The SMILES string of the molecule is CC1(C)OC(C)(C)c2[nH]c(=O)c(C(=O)O)cc21. The Morgan fingerprint density at radius 1 is 1.29 bits per heavy atom. The van der Waals surface area contributed by atoms with Crippen LogP contribution < -0.4 is 5.56 Å². The quantitative estimate of drug-likeness (QED) is 0.777. The summed E-state index contributed by atoms with van der Waals surface area (Å²) in [5.41, 5.74) is -0.692. The molecule has 0 unspecified atom stereocenters. The lowest BCUT2D eigenvalue weighted by Gasteiger charge is -2.24. The summed E-state index contributed by atoms with van der Waals surface area (Å²) in [7, 11) is 0. The molecule has 1 aliphatic rings. The van der Waals surface area contributed by atoms with Crippen LogP contribution in [-0.2, 0) is 15.9 Å². The first kappa shape index (κ1) is 11.9. The molecule has 0 saturated heterocycles. The summed E-state index contributed by atoms with van der Waals surface area (Å²) in [6, 6.07) is 1.41. The molecule has 1 aliphatic heterocycles. The van der Waals surface area contributed by atoms with Gasteiger partial charge in [0.1, 0.15) is 11.2 Å². The first-order valence-corrected chi connectivity index (χ1v) is 5.37. The third-order valence-electron chi connectivity index (χ3n) is 3.03. The van der Waals surface area contributed by atoms with Gasteiger partial charge in [-0.15, -0.1) is 0 Å². The van der Waals surface area contributed by atoms with E-state index in [0.717, 1.165) is 5.56 Å². The second-order valence-corrected chi connectivity index (χ2v) is 5.23. The molecule has 5 nitrogen and oxygen atoms in total. The Labute approximate surface area is 98.4 Å². The molecule has 2 heterocycles. The van der Waals surface area contributed by atoms with Gasteiger partial charge < -0.3 is 14.8 Å². The summed E-state index contributed by atoms with van der Waals surface area (Å²) in [5.74, 6) is -1.23. The van der Waals surface area contributed by atoms with Crippen molar-refractivity contribution in [1.82, 2.24) is 4.98 Å². The van der Waals surface area contributed by atoms with Crippen LogP contribution in [0.25, 0.3) is 0 Å². The molecule has 5 heteroatoms. The summed E-state index contributed by atoms with van der Waals surface area (Å²) >= 11 is 0. The summed E-state index contributed by atoms with van der Waals surface area (Å²) in [6.45, 7) is 7.39. The number of pyridine rings is 1. The fourth-order valence-corrected chi connectivity index (χ4v) is 2.38. The Morgan fingerprint density at radius 3 is 2.41 bits per heavy atom. The number of ether oxygens (including phenoxy) is 1. The predicted molar refractivity (Wildman–Crippen MR) is 61.2 cm³/mol. The van der Waals surface area contributed by atoms with Gasteiger partial charge in [0.25, 0.3) is 5.56 Å². The molecule has 1 aromatic heterocycles.